The molecule has 0 aromatic carbocycles. The zero-order valence-electron chi connectivity index (χ0n) is 9.25. The van der Waals surface area contributed by atoms with Crippen molar-refractivity contribution in [1.29, 1.82) is 0 Å². The summed E-state index contributed by atoms with van der Waals surface area (Å²) in [6.45, 7) is 4.71. The van der Waals surface area contributed by atoms with Crippen LogP contribution in [-0.4, -0.2) is 43.7 Å². The van der Waals surface area contributed by atoms with E-state index in [9.17, 15) is 0 Å². The lowest BCUT2D eigenvalue weighted by Gasteiger charge is -2.29. The Morgan fingerprint density at radius 1 is 1.38 bits per heavy atom. The lowest BCUT2D eigenvalue weighted by molar-refractivity contribution is 0.0492. The first-order chi connectivity index (χ1) is 6.04. The summed E-state index contributed by atoms with van der Waals surface area (Å²) in [7, 11) is 3.29. The van der Waals surface area contributed by atoms with Crippen LogP contribution in [0.25, 0.3) is 0 Å². The van der Waals surface area contributed by atoms with Crippen molar-refractivity contribution in [3.63, 3.8) is 0 Å². The van der Waals surface area contributed by atoms with Gasteiger partial charge in [0.1, 0.15) is 0 Å². The third-order valence-corrected chi connectivity index (χ3v) is 9.51. The average Bonchev–Trinajstić information content (AvgIpc) is 2.44. The Labute approximate surface area is 88.7 Å². The largest absolute Gasteiger partial charge is 0.247 e. The lowest BCUT2D eigenvalue weighted by atomic mass is 10.7. The Morgan fingerprint density at radius 2 is 1.92 bits per heavy atom. The van der Waals surface area contributed by atoms with E-state index < -0.39 is 8.07 Å². The van der Waals surface area contributed by atoms with Crippen molar-refractivity contribution in [2.24, 2.45) is 0 Å². The van der Waals surface area contributed by atoms with Gasteiger partial charge >= 0.3 is 0 Å². The molecule has 1 aliphatic heterocycles. The second-order valence-electron chi connectivity index (χ2n) is 4.34. The average molecular weight is 218 g/mol. The maximum Gasteiger partial charge on any atom is 0.0728 e. The molecule has 0 amide bonds. The molecule has 1 aliphatic rings. The van der Waals surface area contributed by atoms with Crippen molar-refractivity contribution in [1.82, 2.24) is 10.0 Å². The molecule has 1 rings (SSSR count). The number of nitrogens with zero attached hydrogens (tertiary/aromatic N) is 2. The Morgan fingerprint density at radius 3 is 2.15 bits per heavy atom. The van der Waals surface area contributed by atoms with E-state index in [0.29, 0.717) is 5.37 Å². The first-order valence-corrected chi connectivity index (χ1v) is 8.51. The summed E-state index contributed by atoms with van der Waals surface area (Å²) >= 11 is 4.67. The molecule has 0 aliphatic carbocycles. The molecule has 1 heterocycles. The monoisotopic (exact) mass is 218 g/mol. The quantitative estimate of drug-likeness (QED) is 0.572. The molecular formula is C9H22N2SSi. The van der Waals surface area contributed by atoms with Gasteiger partial charge in [0, 0.05) is 20.3 Å². The number of hydrazine groups is 1. The van der Waals surface area contributed by atoms with Gasteiger partial charge in [-0.25, -0.2) is 10.0 Å². The van der Waals surface area contributed by atoms with Crippen LogP contribution >= 0.6 is 12.6 Å². The summed E-state index contributed by atoms with van der Waals surface area (Å²) in [6.07, 6.45) is 1.31. The minimum atomic E-state index is -0.961. The summed E-state index contributed by atoms with van der Waals surface area (Å²) in [5, 5.41) is 5.10. The summed E-state index contributed by atoms with van der Waals surface area (Å²) in [5.74, 6) is 0. The van der Waals surface area contributed by atoms with Crippen molar-refractivity contribution in [2.45, 2.75) is 37.4 Å². The van der Waals surface area contributed by atoms with Gasteiger partial charge in [0.15, 0.2) is 0 Å². The van der Waals surface area contributed by atoms with Gasteiger partial charge in [0.25, 0.3) is 0 Å². The number of hydrogen-bond acceptors (Lipinski definition) is 3. The third kappa shape index (κ3) is 2.29. The third-order valence-electron chi connectivity index (χ3n) is 3.47. The molecule has 13 heavy (non-hydrogen) atoms. The normalized spacial score (nSPS) is 28.6. The molecule has 78 valence electrons. The Hall–Kier alpha value is 0.487. The Kier molecular flexibility index (Phi) is 3.86. The first kappa shape index (κ1) is 11.6. The van der Waals surface area contributed by atoms with Crippen molar-refractivity contribution < 1.29 is 0 Å². The second kappa shape index (κ2) is 4.34. The predicted molar refractivity (Wildman–Crippen MR) is 64.7 cm³/mol. The summed E-state index contributed by atoms with van der Waals surface area (Å²) in [6, 6.07) is 4.18. The molecule has 0 aromatic rings. The summed E-state index contributed by atoms with van der Waals surface area (Å²) in [4.78, 5) is 0. The zero-order chi connectivity index (χ0) is 10.1. The minimum absolute atomic E-state index is 0.474. The van der Waals surface area contributed by atoms with E-state index in [1.807, 2.05) is 0 Å². The van der Waals surface area contributed by atoms with Crippen LogP contribution in [0.5, 0.6) is 0 Å². The van der Waals surface area contributed by atoms with E-state index in [-0.39, 0.29) is 0 Å². The van der Waals surface area contributed by atoms with Gasteiger partial charge in [-0.05, 0) is 6.04 Å². The van der Waals surface area contributed by atoms with Crippen LogP contribution in [-0.2, 0) is 0 Å². The van der Waals surface area contributed by atoms with Gasteiger partial charge in [-0.2, -0.15) is 12.6 Å². The topological polar surface area (TPSA) is 6.48 Å². The van der Waals surface area contributed by atoms with Crippen molar-refractivity contribution in [2.75, 3.05) is 20.3 Å². The molecule has 0 N–H and O–H groups in total. The maximum absolute atomic E-state index is 4.67. The molecule has 1 unspecified atom stereocenters. The van der Waals surface area contributed by atoms with Crippen LogP contribution in [0.2, 0.25) is 18.1 Å². The van der Waals surface area contributed by atoms with Crippen LogP contribution in [0.4, 0.5) is 0 Å². The Balaban J connectivity index is 2.67. The van der Waals surface area contributed by atoms with Crippen LogP contribution in [0.3, 0.4) is 0 Å². The molecular weight excluding hydrogens is 196 g/mol. The van der Waals surface area contributed by atoms with Crippen molar-refractivity contribution >= 4 is 20.7 Å². The molecule has 0 saturated carbocycles. The Bertz CT molecular complexity index is 171. The molecule has 2 nitrogen and oxygen atoms in total. The summed E-state index contributed by atoms with van der Waals surface area (Å²) < 4.78 is 0. The highest BCUT2D eigenvalue weighted by Crippen LogP contribution is 2.34. The number of hydrogen-bond donors (Lipinski definition) is 1. The number of thiol groups is 1. The molecule has 4 heteroatoms. The van der Waals surface area contributed by atoms with Crippen molar-refractivity contribution in [3.05, 3.63) is 0 Å². The van der Waals surface area contributed by atoms with E-state index in [1.165, 1.54) is 24.3 Å². The van der Waals surface area contributed by atoms with E-state index in [2.05, 4.69) is 50.6 Å². The molecule has 1 atom stereocenters. The lowest BCUT2D eigenvalue weighted by Crippen LogP contribution is -2.43. The highest BCUT2D eigenvalue weighted by Gasteiger charge is 2.42. The fraction of sp³-hybridized carbons (Fsp3) is 1.00. The van der Waals surface area contributed by atoms with Gasteiger partial charge in [0.05, 0.1) is 13.4 Å². The number of rotatable bonds is 3. The van der Waals surface area contributed by atoms with Gasteiger partial charge in [-0.1, -0.05) is 25.9 Å². The smallest absolute Gasteiger partial charge is 0.0728 e. The van der Waals surface area contributed by atoms with E-state index >= 15 is 0 Å². The van der Waals surface area contributed by atoms with E-state index in [1.54, 1.807) is 0 Å². The van der Waals surface area contributed by atoms with Crippen LogP contribution in [0.1, 0.15) is 13.8 Å². The SMILES string of the molecule is CC[Si]1(CC)CC(S)N(N(C)C)C1. The van der Waals surface area contributed by atoms with Crippen molar-refractivity contribution in [3.8, 4) is 0 Å². The van der Waals surface area contributed by atoms with Gasteiger partial charge in [-0.15, -0.1) is 0 Å². The fourth-order valence-electron chi connectivity index (χ4n) is 2.18. The fourth-order valence-corrected chi connectivity index (χ4v) is 7.61. The standard InChI is InChI=1S/C9H22N2SSi/c1-5-13(6-2)7-9(12)11(8-13)10(3)4/h9,12H,5-8H2,1-4H3. The highest BCUT2D eigenvalue weighted by molar-refractivity contribution is 7.81. The second-order valence-corrected chi connectivity index (χ2v) is 10.1. The zero-order valence-corrected chi connectivity index (χ0v) is 11.1. The van der Waals surface area contributed by atoms with Gasteiger partial charge < -0.3 is 0 Å². The van der Waals surface area contributed by atoms with E-state index in [4.69, 9.17) is 0 Å². The van der Waals surface area contributed by atoms with Gasteiger partial charge in [-0.3, -0.25) is 0 Å². The highest BCUT2D eigenvalue weighted by atomic mass is 32.1. The molecule has 0 bridgehead atoms. The molecule has 1 fully saturated rings. The van der Waals surface area contributed by atoms with Crippen LogP contribution < -0.4 is 0 Å². The molecule has 0 spiro atoms. The van der Waals surface area contributed by atoms with E-state index in [0.717, 1.165) is 0 Å². The van der Waals surface area contributed by atoms with Crippen LogP contribution in [0.15, 0.2) is 0 Å². The molecule has 0 aromatic heterocycles. The first-order valence-electron chi connectivity index (χ1n) is 5.16. The molecule has 1 saturated heterocycles. The predicted octanol–water partition coefficient (Wildman–Crippen LogP) is 2.06. The maximum atomic E-state index is 4.67. The molecule has 0 radical (unpaired) electrons. The minimum Gasteiger partial charge on any atom is -0.247 e. The van der Waals surface area contributed by atoms with Gasteiger partial charge in [0.2, 0.25) is 0 Å². The summed E-state index contributed by atoms with van der Waals surface area (Å²) in [5.41, 5.74) is 0. The van der Waals surface area contributed by atoms with Crippen LogP contribution in [0, 0.1) is 0 Å².